The highest BCUT2D eigenvalue weighted by Crippen LogP contribution is 2.23. The topological polar surface area (TPSA) is 64.3 Å². The Morgan fingerprint density at radius 1 is 1.09 bits per heavy atom. The number of carbonyl (C=O) groups excluding carboxylic acids is 1. The van der Waals surface area contributed by atoms with Crippen LogP contribution in [-0.2, 0) is 12.1 Å². The van der Waals surface area contributed by atoms with E-state index >= 15 is 0 Å². The number of rotatable bonds is 5. The fourth-order valence-corrected chi connectivity index (χ4v) is 2.23. The molecule has 4 nitrogen and oxygen atoms in total. The van der Waals surface area contributed by atoms with Crippen molar-refractivity contribution in [1.82, 2.24) is 5.32 Å². The molecule has 0 aliphatic rings. The molecule has 2 rings (SSSR count). The van der Waals surface area contributed by atoms with E-state index in [9.17, 15) is 4.79 Å². The zero-order chi connectivity index (χ0) is 16.2. The van der Waals surface area contributed by atoms with Crippen LogP contribution in [0.1, 0.15) is 35.3 Å². The van der Waals surface area contributed by atoms with E-state index in [0.29, 0.717) is 12.1 Å². The Bertz CT molecular complexity index is 631. The molecule has 116 valence electrons. The van der Waals surface area contributed by atoms with Gasteiger partial charge in [0.25, 0.3) is 5.91 Å². The number of methoxy groups -OCH3 is 1. The zero-order valence-electron chi connectivity index (χ0n) is 13.2. The third-order valence-corrected chi connectivity index (χ3v) is 3.69. The molecule has 1 amide bonds. The molecule has 0 bridgehead atoms. The van der Waals surface area contributed by atoms with E-state index in [4.69, 9.17) is 10.5 Å². The van der Waals surface area contributed by atoms with Crippen LogP contribution < -0.4 is 15.8 Å². The van der Waals surface area contributed by atoms with Crippen molar-refractivity contribution in [2.75, 3.05) is 7.11 Å². The molecule has 0 aliphatic heterocycles. The normalized spacial score (nSPS) is 11.1. The predicted octanol–water partition coefficient (Wildman–Crippen LogP) is 2.82. The molecule has 0 fully saturated rings. The summed E-state index contributed by atoms with van der Waals surface area (Å²) >= 11 is 0. The lowest BCUT2D eigenvalue weighted by Crippen LogP contribution is -2.40. The minimum Gasteiger partial charge on any atom is -0.497 e. The average molecular weight is 298 g/mol. The highest BCUT2D eigenvalue weighted by Gasteiger charge is 2.23. The molecule has 0 saturated heterocycles. The van der Waals surface area contributed by atoms with Gasteiger partial charge in [-0.15, -0.1) is 0 Å². The van der Waals surface area contributed by atoms with Gasteiger partial charge in [-0.2, -0.15) is 0 Å². The summed E-state index contributed by atoms with van der Waals surface area (Å²) in [4.78, 5) is 12.4. The first-order valence-electron chi connectivity index (χ1n) is 7.22. The fraction of sp³-hybridized carbons (Fsp3) is 0.278. The molecule has 4 heteroatoms. The van der Waals surface area contributed by atoms with Crippen LogP contribution in [0, 0.1) is 0 Å². The van der Waals surface area contributed by atoms with E-state index in [1.807, 2.05) is 50.2 Å². The number of ether oxygens (including phenoxy) is 1. The smallest absolute Gasteiger partial charge is 0.251 e. The van der Waals surface area contributed by atoms with Crippen LogP contribution in [0.3, 0.4) is 0 Å². The lowest BCUT2D eigenvalue weighted by atomic mass is 9.93. The monoisotopic (exact) mass is 298 g/mol. The molecule has 0 atom stereocenters. The zero-order valence-corrected chi connectivity index (χ0v) is 13.2. The van der Waals surface area contributed by atoms with Crippen molar-refractivity contribution in [3.05, 3.63) is 65.2 Å². The number of hydrogen-bond donors (Lipinski definition) is 2. The SMILES string of the molecule is COc1ccc(C(C)(C)NC(=O)c2ccc(CN)cc2)cc1. The summed E-state index contributed by atoms with van der Waals surface area (Å²) in [5.74, 6) is 0.688. The van der Waals surface area contributed by atoms with Gasteiger partial charge in [0.15, 0.2) is 0 Å². The van der Waals surface area contributed by atoms with Gasteiger partial charge in [-0.25, -0.2) is 0 Å². The average Bonchev–Trinajstić information content (AvgIpc) is 2.54. The molecule has 0 heterocycles. The lowest BCUT2D eigenvalue weighted by Gasteiger charge is -2.27. The first-order chi connectivity index (χ1) is 10.5. The molecule has 0 radical (unpaired) electrons. The van der Waals surface area contributed by atoms with Crippen molar-refractivity contribution in [2.45, 2.75) is 25.9 Å². The van der Waals surface area contributed by atoms with Crippen LogP contribution >= 0.6 is 0 Å². The Kier molecular flexibility index (Phi) is 4.83. The van der Waals surface area contributed by atoms with Crippen molar-refractivity contribution in [3.8, 4) is 5.75 Å². The molecule has 3 N–H and O–H groups in total. The van der Waals surface area contributed by atoms with Crippen molar-refractivity contribution in [2.24, 2.45) is 5.73 Å². The quantitative estimate of drug-likeness (QED) is 0.892. The first kappa shape index (κ1) is 16.0. The number of carbonyl (C=O) groups is 1. The molecular weight excluding hydrogens is 276 g/mol. The summed E-state index contributed by atoms with van der Waals surface area (Å²) < 4.78 is 5.16. The van der Waals surface area contributed by atoms with Gasteiger partial charge in [-0.3, -0.25) is 4.79 Å². The van der Waals surface area contributed by atoms with Gasteiger partial charge in [-0.05, 0) is 49.2 Å². The van der Waals surface area contributed by atoms with E-state index < -0.39 is 5.54 Å². The van der Waals surface area contributed by atoms with Gasteiger partial charge in [0, 0.05) is 12.1 Å². The molecule has 2 aromatic rings. The summed E-state index contributed by atoms with van der Waals surface area (Å²) in [5.41, 5.74) is 7.73. The van der Waals surface area contributed by atoms with Crippen molar-refractivity contribution in [1.29, 1.82) is 0 Å². The summed E-state index contributed by atoms with van der Waals surface area (Å²) in [6.07, 6.45) is 0. The fourth-order valence-electron chi connectivity index (χ4n) is 2.23. The Hall–Kier alpha value is -2.33. The molecule has 0 aliphatic carbocycles. The van der Waals surface area contributed by atoms with Gasteiger partial charge in [-0.1, -0.05) is 24.3 Å². The van der Waals surface area contributed by atoms with Gasteiger partial charge in [0.1, 0.15) is 5.75 Å². The Labute approximate surface area is 131 Å². The Morgan fingerprint density at radius 2 is 1.68 bits per heavy atom. The molecule has 0 saturated carbocycles. The van der Waals surface area contributed by atoms with E-state index in [-0.39, 0.29) is 5.91 Å². The number of benzene rings is 2. The van der Waals surface area contributed by atoms with Crippen LogP contribution in [0.15, 0.2) is 48.5 Å². The predicted molar refractivity (Wildman–Crippen MR) is 87.8 cm³/mol. The van der Waals surface area contributed by atoms with Crippen molar-refractivity contribution in [3.63, 3.8) is 0 Å². The van der Waals surface area contributed by atoms with E-state index in [2.05, 4.69) is 5.32 Å². The largest absolute Gasteiger partial charge is 0.497 e. The van der Waals surface area contributed by atoms with Crippen LogP contribution in [0.2, 0.25) is 0 Å². The van der Waals surface area contributed by atoms with Crippen LogP contribution in [0.4, 0.5) is 0 Å². The highest BCUT2D eigenvalue weighted by atomic mass is 16.5. The van der Waals surface area contributed by atoms with Gasteiger partial charge >= 0.3 is 0 Å². The molecule has 0 spiro atoms. The Morgan fingerprint density at radius 3 is 2.18 bits per heavy atom. The highest BCUT2D eigenvalue weighted by molar-refractivity contribution is 5.94. The van der Waals surface area contributed by atoms with Crippen LogP contribution in [0.25, 0.3) is 0 Å². The van der Waals surface area contributed by atoms with E-state index in [0.717, 1.165) is 16.9 Å². The summed E-state index contributed by atoms with van der Waals surface area (Å²) in [6.45, 7) is 4.42. The van der Waals surface area contributed by atoms with Gasteiger partial charge < -0.3 is 15.8 Å². The maximum absolute atomic E-state index is 12.4. The number of nitrogens with one attached hydrogen (secondary N) is 1. The number of hydrogen-bond acceptors (Lipinski definition) is 3. The Balaban J connectivity index is 2.13. The lowest BCUT2D eigenvalue weighted by molar-refractivity contribution is 0.0912. The third-order valence-electron chi connectivity index (χ3n) is 3.69. The van der Waals surface area contributed by atoms with Gasteiger partial charge in [0.2, 0.25) is 0 Å². The maximum Gasteiger partial charge on any atom is 0.251 e. The molecule has 0 unspecified atom stereocenters. The second kappa shape index (κ2) is 6.62. The van der Waals surface area contributed by atoms with Crippen LogP contribution in [-0.4, -0.2) is 13.0 Å². The van der Waals surface area contributed by atoms with Crippen LogP contribution in [0.5, 0.6) is 5.75 Å². The summed E-state index contributed by atoms with van der Waals surface area (Å²) in [5, 5.41) is 3.05. The maximum atomic E-state index is 12.4. The molecule has 22 heavy (non-hydrogen) atoms. The minimum atomic E-state index is -0.476. The van der Waals surface area contributed by atoms with Crippen molar-refractivity contribution < 1.29 is 9.53 Å². The second-order valence-corrected chi connectivity index (χ2v) is 5.71. The van der Waals surface area contributed by atoms with Gasteiger partial charge in [0.05, 0.1) is 12.6 Å². The summed E-state index contributed by atoms with van der Waals surface area (Å²) in [7, 11) is 1.63. The number of amides is 1. The summed E-state index contributed by atoms with van der Waals surface area (Å²) in [6, 6.07) is 15.0. The van der Waals surface area contributed by atoms with E-state index in [1.54, 1.807) is 19.2 Å². The first-order valence-corrected chi connectivity index (χ1v) is 7.22. The standard InChI is InChI=1S/C18H22N2O2/c1-18(2,15-8-10-16(22-3)11-9-15)20-17(21)14-6-4-13(12-19)5-7-14/h4-11H,12,19H2,1-3H3,(H,20,21). The van der Waals surface area contributed by atoms with E-state index in [1.165, 1.54) is 0 Å². The second-order valence-electron chi connectivity index (χ2n) is 5.71. The molecule has 0 aromatic heterocycles. The molecular formula is C18H22N2O2. The molecule has 2 aromatic carbocycles. The third kappa shape index (κ3) is 3.65. The number of nitrogens with two attached hydrogens (primary N) is 1. The van der Waals surface area contributed by atoms with Crippen molar-refractivity contribution >= 4 is 5.91 Å². The minimum absolute atomic E-state index is 0.107.